The molecular formula is C16H20N2O. The molecule has 1 heterocycles. The van der Waals surface area contributed by atoms with Gasteiger partial charge in [0.1, 0.15) is 5.69 Å². The van der Waals surface area contributed by atoms with Gasteiger partial charge in [0.15, 0.2) is 0 Å². The third-order valence-electron chi connectivity index (χ3n) is 4.35. The van der Waals surface area contributed by atoms with Crippen molar-refractivity contribution in [1.82, 2.24) is 4.57 Å². The van der Waals surface area contributed by atoms with Crippen LogP contribution in [0.1, 0.15) is 49.1 Å². The van der Waals surface area contributed by atoms with Crippen molar-refractivity contribution in [3.8, 4) is 0 Å². The highest BCUT2D eigenvalue weighted by Crippen LogP contribution is 2.35. The summed E-state index contributed by atoms with van der Waals surface area (Å²) in [6.45, 7) is 2.30. The summed E-state index contributed by atoms with van der Waals surface area (Å²) in [5.74, 6) is 0.477. The monoisotopic (exact) mass is 256 g/mol. The van der Waals surface area contributed by atoms with Crippen LogP contribution in [0.2, 0.25) is 0 Å². The number of carbonyl (C=O) groups is 1. The van der Waals surface area contributed by atoms with E-state index in [1.54, 1.807) is 0 Å². The van der Waals surface area contributed by atoms with E-state index in [0.717, 1.165) is 29.7 Å². The lowest BCUT2D eigenvalue weighted by atomic mass is 9.87. The molecule has 19 heavy (non-hydrogen) atoms. The molecule has 2 N–H and O–H groups in total. The minimum absolute atomic E-state index is 0.324. The summed E-state index contributed by atoms with van der Waals surface area (Å²) < 4.78 is 2.17. The molecule has 1 fully saturated rings. The number of primary amides is 1. The number of fused-ring (bicyclic) bond motifs is 1. The fraction of sp³-hybridized carbons (Fsp3) is 0.438. The van der Waals surface area contributed by atoms with Crippen LogP contribution in [0.5, 0.6) is 0 Å². The molecule has 100 valence electrons. The van der Waals surface area contributed by atoms with E-state index >= 15 is 0 Å². The van der Waals surface area contributed by atoms with E-state index in [4.69, 9.17) is 5.73 Å². The van der Waals surface area contributed by atoms with Gasteiger partial charge in [-0.25, -0.2) is 0 Å². The normalized spacial score (nSPS) is 23.6. The first-order chi connectivity index (χ1) is 9.16. The van der Waals surface area contributed by atoms with E-state index in [2.05, 4.69) is 17.6 Å². The van der Waals surface area contributed by atoms with Gasteiger partial charge < -0.3 is 10.3 Å². The minimum atomic E-state index is -0.324. The van der Waals surface area contributed by atoms with Gasteiger partial charge in [-0.15, -0.1) is 0 Å². The summed E-state index contributed by atoms with van der Waals surface area (Å²) >= 11 is 0. The molecule has 1 aliphatic carbocycles. The Balaban J connectivity index is 2.09. The SMILES string of the molecule is C[C@H]1CC[C@H](n2c(C(N)=O)cc3ccccc32)CC1. The van der Waals surface area contributed by atoms with Gasteiger partial charge in [-0.1, -0.05) is 25.1 Å². The molecule has 0 radical (unpaired) electrons. The highest BCUT2D eigenvalue weighted by Gasteiger charge is 2.24. The predicted molar refractivity (Wildman–Crippen MR) is 77.1 cm³/mol. The number of amides is 1. The third kappa shape index (κ3) is 2.14. The molecule has 0 atom stereocenters. The number of nitrogens with two attached hydrogens (primary N) is 1. The van der Waals surface area contributed by atoms with Crippen molar-refractivity contribution < 1.29 is 4.79 Å². The zero-order valence-electron chi connectivity index (χ0n) is 11.3. The largest absolute Gasteiger partial charge is 0.364 e. The maximum Gasteiger partial charge on any atom is 0.265 e. The lowest BCUT2D eigenvalue weighted by Crippen LogP contribution is -2.23. The number of hydrogen-bond donors (Lipinski definition) is 1. The van der Waals surface area contributed by atoms with Crippen molar-refractivity contribution in [3.63, 3.8) is 0 Å². The van der Waals surface area contributed by atoms with Gasteiger partial charge >= 0.3 is 0 Å². The first kappa shape index (κ1) is 12.3. The maximum atomic E-state index is 11.7. The van der Waals surface area contributed by atoms with Crippen LogP contribution in [0.25, 0.3) is 10.9 Å². The minimum Gasteiger partial charge on any atom is -0.364 e. The summed E-state index contributed by atoms with van der Waals surface area (Å²) in [6.07, 6.45) is 4.74. The van der Waals surface area contributed by atoms with Crippen molar-refractivity contribution in [2.24, 2.45) is 11.7 Å². The van der Waals surface area contributed by atoms with Gasteiger partial charge in [0, 0.05) is 16.9 Å². The first-order valence-corrected chi connectivity index (χ1v) is 7.06. The molecule has 0 bridgehead atoms. The number of carbonyl (C=O) groups excluding carboxylic acids is 1. The Morgan fingerprint density at radius 3 is 2.58 bits per heavy atom. The molecule has 3 heteroatoms. The number of nitrogens with zero attached hydrogens (tertiary/aromatic N) is 1. The Hall–Kier alpha value is -1.77. The van der Waals surface area contributed by atoms with E-state index in [9.17, 15) is 4.79 Å². The summed E-state index contributed by atoms with van der Waals surface area (Å²) in [5.41, 5.74) is 7.34. The fourth-order valence-corrected chi connectivity index (χ4v) is 3.26. The number of hydrogen-bond acceptors (Lipinski definition) is 1. The van der Waals surface area contributed by atoms with Crippen molar-refractivity contribution in [1.29, 1.82) is 0 Å². The fourth-order valence-electron chi connectivity index (χ4n) is 3.26. The van der Waals surface area contributed by atoms with Crippen LogP contribution >= 0.6 is 0 Å². The molecule has 1 aromatic carbocycles. The Kier molecular flexibility index (Phi) is 3.05. The van der Waals surface area contributed by atoms with Gasteiger partial charge in [0.25, 0.3) is 5.91 Å². The summed E-state index contributed by atoms with van der Waals surface area (Å²) in [5, 5.41) is 1.11. The first-order valence-electron chi connectivity index (χ1n) is 7.06. The predicted octanol–water partition coefficient (Wildman–Crippen LogP) is 3.49. The van der Waals surface area contributed by atoms with Crippen LogP contribution in [0.4, 0.5) is 0 Å². The third-order valence-corrected chi connectivity index (χ3v) is 4.35. The van der Waals surface area contributed by atoms with Crippen molar-refractivity contribution >= 4 is 16.8 Å². The second kappa shape index (κ2) is 4.72. The van der Waals surface area contributed by atoms with E-state index in [0.29, 0.717) is 11.7 Å². The summed E-state index contributed by atoms with van der Waals surface area (Å²) in [6, 6.07) is 10.5. The number of para-hydroxylation sites is 1. The standard InChI is InChI=1S/C16H20N2O/c1-11-6-8-13(9-7-11)18-14-5-3-2-4-12(14)10-15(18)16(17)19/h2-5,10-11,13H,6-9H2,1H3,(H2,17,19)/t11-,13-. The zero-order valence-corrected chi connectivity index (χ0v) is 11.3. The zero-order chi connectivity index (χ0) is 13.4. The molecule has 1 aromatic heterocycles. The number of rotatable bonds is 2. The summed E-state index contributed by atoms with van der Waals surface area (Å²) in [7, 11) is 0. The highest BCUT2D eigenvalue weighted by molar-refractivity contribution is 5.97. The van der Waals surface area contributed by atoms with E-state index < -0.39 is 0 Å². The Morgan fingerprint density at radius 1 is 1.21 bits per heavy atom. The van der Waals surface area contributed by atoms with Crippen molar-refractivity contribution in [2.75, 3.05) is 0 Å². The van der Waals surface area contributed by atoms with Crippen LogP contribution in [0.15, 0.2) is 30.3 Å². The van der Waals surface area contributed by atoms with Crippen LogP contribution in [0.3, 0.4) is 0 Å². The molecular weight excluding hydrogens is 236 g/mol. The van der Waals surface area contributed by atoms with Gasteiger partial charge in [-0.3, -0.25) is 4.79 Å². The molecule has 0 saturated heterocycles. The van der Waals surface area contributed by atoms with Crippen LogP contribution < -0.4 is 5.73 Å². The maximum absolute atomic E-state index is 11.7. The average molecular weight is 256 g/mol. The van der Waals surface area contributed by atoms with Gasteiger partial charge in [-0.2, -0.15) is 0 Å². The lowest BCUT2D eigenvalue weighted by Gasteiger charge is -2.29. The smallest absolute Gasteiger partial charge is 0.265 e. The highest BCUT2D eigenvalue weighted by atomic mass is 16.1. The Morgan fingerprint density at radius 2 is 1.89 bits per heavy atom. The molecule has 1 amide bonds. The van der Waals surface area contributed by atoms with Crippen LogP contribution in [-0.4, -0.2) is 10.5 Å². The molecule has 1 aliphatic rings. The second-order valence-corrected chi connectivity index (χ2v) is 5.74. The van der Waals surface area contributed by atoms with E-state index in [1.165, 1.54) is 12.8 Å². The van der Waals surface area contributed by atoms with Crippen molar-refractivity contribution in [2.45, 2.75) is 38.6 Å². The van der Waals surface area contributed by atoms with Crippen molar-refractivity contribution in [3.05, 3.63) is 36.0 Å². The average Bonchev–Trinajstić information content (AvgIpc) is 2.79. The molecule has 0 aliphatic heterocycles. The topological polar surface area (TPSA) is 48.0 Å². The van der Waals surface area contributed by atoms with Crippen LogP contribution in [0, 0.1) is 5.92 Å². The van der Waals surface area contributed by atoms with Gasteiger partial charge in [0.2, 0.25) is 0 Å². The second-order valence-electron chi connectivity index (χ2n) is 5.74. The summed E-state index contributed by atoms with van der Waals surface area (Å²) in [4.78, 5) is 11.7. The Labute approximate surface area is 113 Å². The molecule has 1 saturated carbocycles. The molecule has 0 unspecified atom stereocenters. The van der Waals surface area contributed by atoms with Gasteiger partial charge in [0.05, 0.1) is 0 Å². The van der Waals surface area contributed by atoms with Crippen LogP contribution in [-0.2, 0) is 0 Å². The molecule has 3 rings (SSSR count). The molecule has 3 nitrogen and oxygen atoms in total. The molecule has 2 aromatic rings. The molecule has 0 spiro atoms. The lowest BCUT2D eigenvalue weighted by molar-refractivity contribution is 0.0988. The van der Waals surface area contributed by atoms with Gasteiger partial charge in [-0.05, 0) is 43.7 Å². The van der Waals surface area contributed by atoms with E-state index in [-0.39, 0.29) is 5.91 Å². The number of aromatic nitrogens is 1. The quantitative estimate of drug-likeness (QED) is 0.878. The van der Waals surface area contributed by atoms with E-state index in [1.807, 2.05) is 24.3 Å². The number of benzene rings is 1. The Bertz CT molecular complexity index is 606.